The minimum Gasteiger partial charge on any atom is -0.363 e. The van der Waals surface area contributed by atoms with Gasteiger partial charge >= 0.3 is 0 Å². The van der Waals surface area contributed by atoms with E-state index >= 15 is 0 Å². The molecular weight excluding hydrogens is 162 g/mol. The van der Waals surface area contributed by atoms with E-state index in [-0.39, 0.29) is 0 Å². The zero-order valence-electron chi connectivity index (χ0n) is 8.07. The molecule has 1 saturated carbocycles. The Morgan fingerprint density at radius 2 is 2.23 bits per heavy atom. The number of aromatic nitrogens is 1. The predicted molar refractivity (Wildman–Crippen MR) is 53.9 cm³/mol. The lowest BCUT2D eigenvalue weighted by Crippen LogP contribution is -2.13. The fourth-order valence-electron chi connectivity index (χ4n) is 1.64. The maximum Gasteiger partial charge on any atom is 0.131 e. The van der Waals surface area contributed by atoms with Gasteiger partial charge in [-0.3, -0.25) is 0 Å². The summed E-state index contributed by atoms with van der Waals surface area (Å²) in [6.07, 6.45) is 2.93. The zero-order chi connectivity index (χ0) is 9.42. The summed E-state index contributed by atoms with van der Waals surface area (Å²) in [6.45, 7) is 0. The summed E-state index contributed by atoms with van der Waals surface area (Å²) in [5.41, 5.74) is 7.11. The van der Waals surface area contributed by atoms with E-state index in [1.807, 2.05) is 31.3 Å². The van der Waals surface area contributed by atoms with Gasteiger partial charge in [0.15, 0.2) is 0 Å². The average molecular weight is 177 g/mol. The normalized spacial score (nSPS) is 25.8. The molecule has 0 unspecified atom stereocenters. The fourth-order valence-corrected chi connectivity index (χ4v) is 1.64. The van der Waals surface area contributed by atoms with Crippen LogP contribution in [0.2, 0.25) is 0 Å². The van der Waals surface area contributed by atoms with Crippen molar-refractivity contribution in [2.45, 2.75) is 18.4 Å². The van der Waals surface area contributed by atoms with Gasteiger partial charge in [0.2, 0.25) is 0 Å². The Balaban J connectivity index is 2.33. The van der Waals surface area contributed by atoms with Crippen LogP contribution in [0.1, 0.15) is 17.9 Å². The third-order valence-corrected chi connectivity index (χ3v) is 2.48. The highest BCUT2D eigenvalue weighted by atomic mass is 15.1. The summed E-state index contributed by atoms with van der Waals surface area (Å²) in [5, 5.41) is 0. The van der Waals surface area contributed by atoms with E-state index in [0.717, 1.165) is 12.2 Å². The van der Waals surface area contributed by atoms with Crippen molar-refractivity contribution in [3.8, 4) is 0 Å². The van der Waals surface area contributed by atoms with Crippen molar-refractivity contribution >= 4 is 5.82 Å². The second-order valence-electron chi connectivity index (χ2n) is 3.82. The molecule has 1 aromatic rings. The number of pyridine rings is 1. The van der Waals surface area contributed by atoms with Crippen LogP contribution in [0.5, 0.6) is 0 Å². The Kier molecular flexibility index (Phi) is 1.96. The molecule has 3 nitrogen and oxygen atoms in total. The van der Waals surface area contributed by atoms with Gasteiger partial charge in [0.1, 0.15) is 5.82 Å². The molecule has 0 bridgehead atoms. The molecule has 2 atom stereocenters. The van der Waals surface area contributed by atoms with E-state index in [2.05, 4.69) is 11.1 Å². The van der Waals surface area contributed by atoms with Crippen molar-refractivity contribution in [3.05, 3.63) is 23.9 Å². The molecule has 13 heavy (non-hydrogen) atoms. The highest BCUT2D eigenvalue weighted by Gasteiger charge is 2.36. The van der Waals surface area contributed by atoms with Crippen molar-refractivity contribution in [1.82, 2.24) is 4.98 Å². The quantitative estimate of drug-likeness (QED) is 0.731. The van der Waals surface area contributed by atoms with Crippen molar-refractivity contribution in [2.75, 3.05) is 19.0 Å². The molecule has 2 rings (SSSR count). The van der Waals surface area contributed by atoms with E-state index in [0.29, 0.717) is 12.0 Å². The van der Waals surface area contributed by atoms with Gasteiger partial charge in [0.05, 0.1) is 0 Å². The molecule has 3 heteroatoms. The first-order valence-electron chi connectivity index (χ1n) is 4.58. The van der Waals surface area contributed by atoms with Crippen LogP contribution in [0.25, 0.3) is 0 Å². The molecule has 0 saturated heterocycles. The third-order valence-electron chi connectivity index (χ3n) is 2.48. The maximum atomic E-state index is 5.82. The maximum absolute atomic E-state index is 5.82. The number of hydrogen-bond acceptors (Lipinski definition) is 3. The van der Waals surface area contributed by atoms with Crippen molar-refractivity contribution in [3.63, 3.8) is 0 Å². The monoisotopic (exact) mass is 177 g/mol. The molecule has 2 N–H and O–H groups in total. The largest absolute Gasteiger partial charge is 0.363 e. The van der Waals surface area contributed by atoms with Crippen LogP contribution < -0.4 is 10.6 Å². The molecule has 1 aromatic heterocycles. The van der Waals surface area contributed by atoms with Crippen LogP contribution in [0, 0.1) is 0 Å². The first kappa shape index (κ1) is 8.51. The molecule has 0 spiro atoms. The van der Waals surface area contributed by atoms with Gasteiger partial charge in [-0.25, -0.2) is 4.98 Å². The molecule has 1 aliphatic carbocycles. The van der Waals surface area contributed by atoms with Gasteiger partial charge in [-0.1, -0.05) is 6.07 Å². The minimum absolute atomic E-state index is 0.350. The van der Waals surface area contributed by atoms with Gasteiger partial charge in [-0.15, -0.1) is 0 Å². The summed E-state index contributed by atoms with van der Waals surface area (Å²) in [5.74, 6) is 1.59. The SMILES string of the molecule is CN(C)c1ncccc1[C@@H]1C[C@H]1N. The van der Waals surface area contributed by atoms with E-state index in [1.54, 1.807) is 0 Å². The van der Waals surface area contributed by atoms with Crippen LogP contribution in [0.3, 0.4) is 0 Å². The molecular formula is C10H15N3. The number of nitrogens with two attached hydrogens (primary N) is 1. The minimum atomic E-state index is 0.350. The lowest BCUT2D eigenvalue weighted by molar-refractivity contribution is 0.954. The second kappa shape index (κ2) is 3.00. The number of nitrogens with zero attached hydrogens (tertiary/aromatic N) is 2. The number of hydrogen-bond donors (Lipinski definition) is 1. The van der Waals surface area contributed by atoms with Gasteiger partial charge in [-0.2, -0.15) is 0 Å². The lowest BCUT2D eigenvalue weighted by Gasteiger charge is -2.15. The van der Waals surface area contributed by atoms with Gasteiger partial charge in [-0.05, 0) is 18.1 Å². The molecule has 70 valence electrons. The summed E-state index contributed by atoms with van der Waals surface area (Å²) >= 11 is 0. The smallest absolute Gasteiger partial charge is 0.131 e. The summed E-state index contributed by atoms with van der Waals surface area (Å²) < 4.78 is 0. The molecule has 1 fully saturated rings. The van der Waals surface area contributed by atoms with Gasteiger partial charge in [0.25, 0.3) is 0 Å². The Morgan fingerprint density at radius 3 is 2.77 bits per heavy atom. The highest BCUT2D eigenvalue weighted by Crippen LogP contribution is 2.42. The van der Waals surface area contributed by atoms with E-state index < -0.39 is 0 Å². The van der Waals surface area contributed by atoms with E-state index in [9.17, 15) is 0 Å². The summed E-state index contributed by atoms with van der Waals surface area (Å²) in [4.78, 5) is 6.39. The van der Waals surface area contributed by atoms with Crippen LogP contribution in [0.15, 0.2) is 18.3 Å². The predicted octanol–water partition coefficient (Wildman–Crippen LogP) is 0.962. The van der Waals surface area contributed by atoms with Crippen molar-refractivity contribution in [2.24, 2.45) is 5.73 Å². The zero-order valence-corrected chi connectivity index (χ0v) is 8.07. The first-order chi connectivity index (χ1) is 6.20. The standard InChI is InChI=1S/C10H15N3/c1-13(2)10-7(4-3-5-12-10)8-6-9(8)11/h3-5,8-9H,6,11H2,1-2H3/t8-,9+/m0/s1. The number of anilines is 1. The molecule has 0 aliphatic heterocycles. The van der Waals surface area contributed by atoms with Crippen LogP contribution in [-0.2, 0) is 0 Å². The van der Waals surface area contributed by atoms with Gasteiger partial charge in [0, 0.05) is 32.3 Å². The first-order valence-corrected chi connectivity index (χ1v) is 4.58. The highest BCUT2D eigenvalue weighted by molar-refractivity contribution is 5.50. The topological polar surface area (TPSA) is 42.2 Å². The Hall–Kier alpha value is -1.09. The van der Waals surface area contributed by atoms with Gasteiger partial charge < -0.3 is 10.6 Å². The van der Waals surface area contributed by atoms with Crippen molar-refractivity contribution in [1.29, 1.82) is 0 Å². The number of rotatable bonds is 2. The van der Waals surface area contributed by atoms with Crippen LogP contribution >= 0.6 is 0 Å². The molecule has 1 heterocycles. The third kappa shape index (κ3) is 1.52. The van der Waals surface area contributed by atoms with Crippen LogP contribution in [0.4, 0.5) is 5.82 Å². The molecule has 0 amide bonds. The van der Waals surface area contributed by atoms with E-state index in [4.69, 9.17) is 5.73 Å². The van der Waals surface area contributed by atoms with Crippen molar-refractivity contribution < 1.29 is 0 Å². The molecule has 0 aromatic carbocycles. The summed E-state index contributed by atoms with van der Waals surface area (Å²) in [6, 6.07) is 4.45. The Labute approximate surface area is 78.6 Å². The molecule has 0 radical (unpaired) electrons. The lowest BCUT2D eigenvalue weighted by atomic mass is 10.1. The summed E-state index contributed by atoms with van der Waals surface area (Å²) in [7, 11) is 4.03. The Morgan fingerprint density at radius 1 is 1.54 bits per heavy atom. The Bertz CT molecular complexity index is 309. The van der Waals surface area contributed by atoms with Crippen LogP contribution in [-0.4, -0.2) is 25.1 Å². The molecule has 1 aliphatic rings. The fraction of sp³-hybridized carbons (Fsp3) is 0.500. The second-order valence-corrected chi connectivity index (χ2v) is 3.82. The van der Waals surface area contributed by atoms with E-state index in [1.165, 1.54) is 5.56 Å². The average Bonchev–Trinajstić information content (AvgIpc) is 2.82.